The van der Waals surface area contributed by atoms with E-state index < -0.39 is 0 Å². The van der Waals surface area contributed by atoms with Crippen molar-refractivity contribution in [3.63, 3.8) is 0 Å². The summed E-state index contributed by atoms with van der Waals surface area (Å²) in [6, 6.07) is 16.1. The molecule has 27 heavy (non-hydrogen) atoms. The Morgan fingerprint density at radius 1 is 1.07 bits per heavy atom. The van der Waals surface area contributed by atoms with E-state index in [-0.39, 0.29) is 17.7 Å². The quantitative estimate of drug-likeness (QED) is 0.878. The summed E-state index contributed by atoms with van der Waals surface area (Å²) in [4.78, 5) is 26.7. The number of carbonyl (C=O) groups excluding carboxylic acids is 2. The molecule has 0 unspecified atom stereocenters. The Balaban J connectivity index is 1.48. The summed E-state index contributed by atoms with van der Waals surface area (Å²) >= 11 is 5.87. The smallest absolute Gasteiger partial charge is 0.227 e. The lowest BCUT2D eigenvalue weighted by Gasteiger charge is -2.31. The van der Waals surface area contributed by atoms with Crippen LogP contribution in [0.4, 0.5) is 5.69 Å². The second kappa shape index (κ2) is 8.70. The Kier molecular flexibility index (Phi) is 6.10. The number of nitrogens with zero attached hydrogens (tertiary/aromatic N) is 2. The van der Waals surface area contributed by atoms with Gasteiger partial charge in [-0.3, -0.25) is 9.59 Å². The first-order valence-electron chi connectivity index (χ1n) is 8.88. The second-order valence-electron chi connectivity index (χ2n) is 6.64. The molecule has 0 bridgehead atoms. The van der Waals surface area contributed by atoms with Crippen LogP contribution in [0.5, 0.6) is 0 Å². The number of rotatable bonds is 4. The number of nitrogens with one attached hydrogen (secondary N) is 1. The van der Waals surface area contributed by atoms with E-state index in [9.17, 15) is 9.59 Å². The molecule has 138 valence electrons. The van der Waals surface area contributed by atoms with Gasteiger partial charge in [0.2, 0.25) is 11.8 Å². The molecule has 0 saturated carbocycles. The summed E-state index contributed by atoms with van der Waals surface area (Å²) in [7, 11) is 0. The van der Waals surface area contributed by atoms with Gasteiger partial charge in [0.05, 0.1) is 18.1 Å². The first-order chi connectivity index (χ1) is 13.0. The first-order valence-corrected chi connectivity index (χ1v) is 9.26. The van der Waals surface area contributed by atoms with Crippen molar-refractivity contribution in [1.29, 1.82) is 5.26 Å². The Morgan fingerprint density at radius 3 is 2.30 bits per heavy atom. The van der Waals surface area contributed by atoms with Crippen molar-refractivity contribution < 1.29 is 9.59 Å². The molecule has 0 aromatic heterocycles. The third-order valence-corrected chi connectivity index (χ3v) is 5.02. The van der Waals surface area contributed by atoms with Crippen LogP contribution in [-0.2, 0) is 16.0 Å². The van der Waals surface area contributed by atoms with Crippen molar-refractivity contribution >= 4 is 29.1 Å². The molecule has 6 heteroatoms. The topological polar surface area (TPSA) is 73.2 Å². The fourth-order valence-electron chi connectivity index (χ4n) is 3.15. The average Bonchev–Trinajstić information content (AvgIpc) is 2.70. The molecule has 1 N–H and O–H groups in total. The molecule has 5 nitrogen and oxygen atoms in total. The van der Waals surface area contributed by atoms with Gasteiger partial charge in [-0.2, -0.15) is 5.26 Å². The highest BCUT2D eigenvalue weighted by Gasteiger charge is 2.27. The standard InChI is InChI=1S/C21H20ClN3O2/c22-18-5-1-15(2-6-18)13-20(26)25-11-9-17(10-12-25)21(27)24-19-7-3-16(14-23)4-8-19/h1-8,17H,9-13H2,(H,24,27). The van der Waals surface area contributed by atoms with Crippen LogP contribution in [0.3, 0.4) is 0 Å². The number of hydrogen-bond acceptors (Lipinski definition) is 3. The number of hydrogen-bond donors (Lipinski definition) is 1. The molecule has 2 amide bonds. The molecule has 2 aromatic carbocycles. The summed E-state index contributed by atoms with van der Waals surface area (Å²) in [5, 5.41) is 12.4. The van der Waals surface area contributed by atoms with Crippen LogP contribution in [0, 0.1) is 17.2 Å². The number of halogens is 1. The van der Waals surface area contributed by atoms with E-state index in [4.69, 9.17) is 16.9 Å². The highest BCUT2D eigenvalue weighted by atomic mass is 35.5. The van der Waals surface area contributed by atoms with Gasteiger partial charge in [-0.05, 0) is 54.8 Å². The predicted octanol–water partition coefficient (Wildman–Crippen LogP) is 3.63. The number of carbonyl (C=O) groups is 2. The molecule has 2 aromatic rings. The molecule has 3 rings (SSSR count). The number of likely N-dealkylation sites (tertiary alicyclic amines) is 1. The van der Waals surface area contributed by atoms with E-state index in [0.717, 1.165) is 5.56 Å². The van der Waals surface area contributed by atoms with Gasteiger partial charge in [0.15, 0.2) is 0 Å². The van der Waals surface area contributed by atoms with Gasteiger partial charge in [-0.15, -0.1) is 0 Å². The summed E-state index contributed by atoms with van der Waals surface area (Å²) in [6.45, 7) is 1.16. The van der Waals surface area contributed by atoms with Crippen LogP contribution in [0.2, 0.25) is 5.02 Å². The molecule has 1 aliphatic heterocycles. The van der Waals surface area contributed by atoms with Crippen molar-refractivity contribution in [2.45, 2.75) is 19.3 Å². The van der Waals surface area contributed by atoms with Crippen molar-refractivity contribution in [3.05, 3.63) is 64.7 Å². The van der Waals surface area contributed by atoms with E-state index in [2.05, 4.69) is 5.32 Å². The normalized spacial score (nSPS) is 14.4. The zero-order valence-corrected chi connectivity index (χ0v) is 15.6. The van der Waals surface area contributed by atoms with E-state index >= 15 is 0 Å². The van der Waals surface area contributed by atoms with Gasteiger partial charge in [-0.1, -0.05) is 23.7 Å². The summed E-state index contributed by atoms with van der Waals surface area (Å²) in [6.07, 6.45) is 1.64. The summed E-state index contributed by atoms with van der Waals surface area (Å²) in [5.74, 6) is -0.0759. The molecule has 1 fully saturated rings. The Bertz CT molecular complexity index is 848. The SMILES string of the molecule is N#Cc1ccc(NC(=O)C2CCN(C(=O)Cc3ccc(Cl)cc3)CC2)cc1. The average molecular weight is 382 g/mol. The Hall–Kier alpha value is -2.84. The van der Waals surface area contributed by atoms with Gasteiger partial charge >= 0.3 is 0 Å². The third-order valence-electron chi connectivity index (χ3n) is 4.77. The number of nitriles is 1. The van der Waals surface area contributed by atoms with Crippen molar-refractivity contribution in [2.24, 2.45) is 5.92 Å². The molecule has 0 atom stereocenters. The molecule has 1 saturated heterocycles. The lowest BCUT2D eigenvalue weighted by molar-refractivity contribution is -0.133. The Morgan fingerprint density at radius 2 is 1.70 bits per heavy atom. The highest BCUT2D eigenvalue weighted by Crippen LogP contribution is 2.21. The fraction of sp³-hybridized carbons (Fsp3) is 0.286. The molecule has 0 spiro atoms. The number of benzene rings is 2. The van der Waals surface area contributed by atoms with E-state index in [0.29, 0.717) is 48.6 Å². The Labute approximate surface area is 163 Å². The maximum atomic E-state index is 12.4. The molecule has 0 radical (unpaired) electrons. The monoisotopic (exact) mass is 381 g/mol. The van der Waals surface area contributed by atoms with Crippen LogP contribution >= 0.6 is 11.6 Å². The largest absolute Gasteiger partial charge is 0.342 e. The van der Waals surface area contributed by atoms with Gasteiger partial charge in [-0.25, -0.2) is 0 Å². The highest BCUT2D eigenvalue weighted by molar-refractivity contribution is 6.30. The van der Waals surface area contributed by atoms with Crippen LogP contribution < -0.4 is 5.32 Å². The van der Waals surface area contributed by atoms with Crippen molar-refractivity contribution in [3.8, 4) is 6.07 Å². The number of amides is 2. The predicted molar refractivity (Wildman–Crippen MR) is 104 cm³/mol. The van der Waals surface area contributed by atoms with Crippen LogP contribution in [-0.4, -0.2) is 29.8 Å². The summed E-state index contributed by atoms with van der Waals surface area (Å²) < 4.78 is 0. The number of piperidine rings is 1. The second-order valence-corrected chi connectivity index (χ2v) is 7.07. The first kappa shape index (κ1) is 18.9. The zero-order valence-electron chi connectivity index (χ0n) is 14.8. The third kappa shape index (κ3) is 5.08. The zero-order chi connectivity index (χ0) is 19.2. The van der Waals surface area contributed by atoms with Gasteiger partial charge in [0.1, 0.15) is 0 Å². The summed E-state index contributed by atoms with van der Waals surface area (Å²) in [5.41, 5.74) is 2.17. The lowest BCUT2D eigenvalue weighted by Crippen LogP contribution is -2.42. The van der Waals surface area contributed by atoms with Crippen LogP contribution in [0.15, 0.2) is 48.5 Å². The number of anilines is 1. The van der Waals surface area contributed by atoms with E-state index in [1.165, 1.54) is 0 Å². The van der Waals surface area contributed by atoms with Gasteiger partial charge < -0.3 is 10.2 Å². The molecule has 0 aliphatic carbocycles. The van der Waals surface area contributed by atoms with Crippen molar-refractivity contribution in [1.82, 2.24) is 4.90 Å². The van der Waals surface area contributed by atoms with Gasteiger partial charge in [0.25, 0.3) is 0 Å². The molecular formula is C21H20ClN3O2. The molecule has 1 heterocycles. The van der Waals surface area contributed by atoms with Crippen molar-refractivity contribution in [2.75, 3.05) is 18.4 Å². The maximum absolute atomic E-state index is 12.4. The minimum absolute atomic E-state index is 0.0375. The van der Waals surface area contributed by atoms with Gasteiger partial charge in [0, 0.05) is 29.7 Å². The minimum Gasteiger partial charge on any atom is -0.342 e. The fourth-order valence-corrected chi connectivity index (χ4v) is 3.28. The lowest BCUT2D eigenvalue weighted by atomic mass is 9.95. The van der Waals surface area contributed by atoms with E-state index in [1.54, 1.807) is 36.4 Å². The van der Waals surface area contributed by atoms with Crippen LogP contribution in [0.25, 0.3) is 0 Å². The minimum atomic E-state index is -0.111. The molecule has 1 aliphatic rings. The van der Waals surface area contributed by atoms with Crippen LogP contribution in [0.1, 0.15) is 24.0 Å². The maximum Gasteiger partial charge on any atom is 0.227 e. The van der Waals surface area contributed by atoms with E-state index in [1.807, 2.05) is 23.1 Å². The molecular weight excluding hydrogens is 362 g/mol.